The number of rotatable bonds is 1. The van der Waals surface area contributed by atoms with Gasteiger partial charge in [0.2, 0.25) is 0 Å². The zero-order chi connectivity index (χ0) is 15.4. The van der Waals surface area contributed by atoms with Gasteiger partial charge in [0.05, 0.1) is 6.54 Å². The molecule has 112 valence electrons. The van der Waals surface area contributed by atoms with Crippen molar-refractivity contribution in [2.24, 2.45) is 7.05 Å². The summed E-state index contributed by atoms with van der Waals surface area (Å²) in [6.45, 7) is 0.374. The molecule has 3 aromatic rings. The van der Waals surface area contributed by atoms with E-state index < -0.39 is 11.2 Å². The molecule has 1 unspecified atom stereocenters. The molecule has 0 aliphatic carbocycles. The van der Waals surface area contributed by atoms with Crippen molar-refractivity contribution >= 4 is 11.2 Å². The molecule has 1 aliphatic heterocycles. The van der Waals surface area contributed by atoms with E-state index >= 15 is 0 Å². The third-order valence-corrected chi connectivity index (χ3v) is 3.81. The summed E-state index contributed by atoms with van der Waals surface area (Å²) in [5.41, 5.74) is 0.342. The highest BCUT2D eigenvalue weighted by atomic mass is 19.1. The first kappa shape index (κ1) is 12.8. The van der Waals surface area contributed by atoms with E-state index in [-0.39, 0.29) is 23.6 Å². The maximum atomic E-state index is 13.0. The fraction of sp³-hybridized carbons (Fsp3) is 0.214. The number of halogens is 1. The SMILES string of the molecule is Cn1c(=O)[nH]c(=O)c2c1nc1n2CC(c2ccc(F)cc2)O1. The topological polar surface area (TPSA) is 81.9 Å². The first-order chi connectivity index (χ1) is 10.5. The average Bonchev–Trinajstić information content (AvgIpc) is 3.03. The maximum absolute atomic E-state index is 13.0. The lowest BCUT2D eigenvalue weighted by Gasteiger charge is -2.09. The highest BCUT2D eigenvalue weighted by Gasteiger charge is 2.30. The molecule has 0 saturated carbocycles. The van der Waals surface area contributed by atoms with Crippen molar-refractivity contribution in [3.05, 3.63) is 56.5 Å². The van der Waals surface area contributed by atoms with Crippen LogP contribution in [0.4, 0.5) is 4.39 Å². The van der Waals surface area contributed by atoms with Gasteiger partial charge in [-0.25, -0.2) is 9.18 Å². The average molecular weight is 302 g/mol. The Balaban J connectivity index is 1.82. The number of benzene rings is 1. The molecule has 0 saturated heterocycles. The van der Waals surface area contributed by atoms with Gasteiger partial charge in [-0.2, -0.15) is 4.98 Å². The molecule has 0 amide bonds. The van der Waals surface area contributed by atoms with E-state index in [0.29, 0.717) is 12.1 Å². The minimum absolute atomic E-state index is 0.274. The second-order valence-electron chi connectivity index (χ2n) is 5.15. The van der Waals surface area contributed by atoms with Crippen molar-refractivity contribution in [3.63, 3.8) is 0 Å². The molecule has 3 heterocycles. The third kappa shape index (κ3) is 1.70. The fourth-order valence-electron chi connectivity index (χ4n) is 2.66. The second-order valence-corrected chi connectivity index (χ2v) is 5.15. The van der Waals surface area contributed by atoms with Gasteiger partial charge in [-0.1, -0.05) is 12.1 Å². The first-order valence-corrected chi connectivity index (χ1v) is 6.66. The molecule has 1 atom stereocenters. The Labute approximate surface area is 122 Å². The molecular weight excluding hydrogens is 291 g/mol. The summed E-state index contributed by atoms with van der Waals surface area (Å²) in [5, 5.41) is 0. The Morgan fingerprint density at radius 1 is 1.32 bits per heavy atom. The van der Waals surface area contributed by atoms with Gasteiger partial charge in [0, 0.05) is 7.05 Å². The highest BCUT2D eigenvalue weighted by Crippen LogP contribution is 2.32. The van der Waals surface area contributed by atoms with Crippen molar-refractivity contribution < 1.29 is 9.13 Å². The van der Waals surface area contributed by atoms with Crippen LogP contribution in [-0.4, -0.2) is 19.1 Å². The minimum atomic E-state index is -0.524. The first-order valence-electron chi connectivity index (χ1n) is 6.66. The lowest BCUT2D eigenvalue weighted by molar-refractivity contribution is 0.230. The van der Waals surface area contributed by atoms with E-state index in [1.807, 2.05) is 0 Å². The summed E-state index contributed by atoms with van der Waals surface area (Å²) in [7, 11) is 1.53. The smallest absolute Gasteiger partial charge is 0.329 e. The zero-order valence-electron chi connectivity index (χ0n) is 11.5. The molecule has 22 heavy (non-hydrogen) atoms. The molecule has 1 aliphatic rings. The largest absolute Gasteiger partial charge is 0.454 e. The fourth-order valence-corrected chi connectivity index (χ4v) is 2.66. The van der Waals surface area contributed by atoms with Crippen LogP contribution < -0.4 is 16.0 Å². The van der Waals surface area contributed by atoms with E-state index in [0.717, 1.165) is 5.56 Å². The summed E-state index contributed by atoms with van der Waals surface area (Å²) < 4.78 is 21.6. The van der Waals surface area contributed by atoms with Gasteiger partial charge < -0.3 is 4.74 Å². The monoisotopic (exact) mass is 302 g/mol. The number of nitrogens with one attached hydrogen (secondary N) is 1. The molecule has 7 nitrogen and oxygen atoms in total. The van der Waals surface area contributed by atoms with Crippen molar-refractivity contribution in [1.82, 2.24) is 19.1 Å². The van der Waals surface area contributed by atoms with Crippen LogP contribution in [0.2, 0.25) is 0 Å². The van der Waals surface area contributed by atoms with Gasteiger partial charge in [-0.05, 0) is 17.7 Å². The number of aromatic amines is 1. The van der Waals surface area contributed by atoms with Crippen LogP contribution in [0.25, 0.3) is 11.2 Å². The number of nitrogens with zero attached hydrogens (tertiary/aromatic N) is 3. The van der Waals surface area contributed by atoms with Gasteiger partial charge in [-0.15, -0.1) is 0 Å². The summed E-state index contributed by atoms with van der Waals surface area (Å²) in [6, 6.07) is 6.25. The number of hydrogen-bond donors (Lipinski definition) is 1. The van der Waals surface area contributed by atoms with Crippen LogP contribution in [-0.2, 0) is 13.6 Å². The van der Waals surface area contributed by atoms with Crippen molar-refractivity contribution in [2.45, 2.75) is 12.6 Å². The van der Waals surface area contributed by atoms with Gasteiger partial charge in [0.15, 0.2) is 11.2 Å². The number of ether oxygens (including phenoxy) is 1. The molecule has 0 fully saturated rings. The van der Waals surface area contributed by atoms with Gasteiger partial charge in [0.25, 0.3) is 11.6 Å². The predicted molar refractivity (Wildman–Crippen MR) is 75.4 cm³/mol. The molecule has 2 aromatic heterocycles. The van der Waals surface area contributed by atoms with Crippen LogP contribution in [0.15, 0.2) is 33.9 Å². The molecule has 8 heteroatoms. The predicted octanol–water partition coefficient (Wildman–Crippen LogP) is 0.696. The van der Waals surface area contributed by atoms with Crippen molar-refractivity contribution in [3.8, 4) is 6.01 Å². The molecule has 4 rings (SSSR count). The Bertz CT molecular complexity index is 1000. The molecule has 0 radical (unpaired) electrons. The van der Waals surface area contributed by atoms with Gasteiger partial charge in [-0.3, -0.25) is 18.9 Å². The molecule has 0 spiro atoms. The van der Waals surface area contributed by atoms with Crippen LogP contribution >= 0.6 is 0 Å². The van der Waals surface area contributed by atoms with Crippen LogP contribution in [0, 0.1) is 5.82 Å². The van der Waals surface area contributed by atoms with Crippen molar-refractivity contribution in [2.75, 3.05) is 0 Å². The number of hydrogen-bond acceptors (Lipinski definition) is 4. The lowest BCUT2D eigenvalue weighted by atomic mass is 10.1. The summed E-state index contributed by atoms with van der Waals surface area (Å²) in [4.78, 5) is 30.1. The Morgan fingerprint density at radius 2 is 2.05 bits per heavy atom. The van der Waals surface area contributed by atoms with E-state index in [1.165, 1.54) is 23.7 Å². The van der Waals surface area contributed by atoms with Crippen LogP contribution in [0.3, 0.4) is 0 Å². The van der Waals surface area contributed by atoms with E-state index in [9.17, 15) is 14.0 Å². The zero-order valence-corrected chi connectivity index (χ0v) is 11.5. The molecule has 0 bridgehead atoms. The molecular formula is C14H11FN4O3. The van der Waals surface area contributed by atoms with Crippen LogP contribution in [0.1, 0.15) is 11.7 Å². The third-order valence-electron chi connectivity index (χ3n) is 3.81. The van der Waals surface area contributed by atoms with Gasteiger partial charge in [0.1, 0.15) is 11.9 Å². The van der Waals surface area contributed by atoms with Crippen LogP contribution in [0.5, 0.6) is 6.01 Å². The van der Waals surface area contributed by atoms with E-state index in [4.69, 9.17) is 4.74 Å². The van der Waals surface area contributed by atoms with E-state index in [1.54, 1.807) is 16.7 Å². The number of H-pyrrole nitrogens is 1. The standard InChI is InChI=1S/C14H11FN4O3/c1-18-11-10(12(20)17-13(18)21)19-6-9(22-14(19)16-11)7-2-4-8(15)5-3-7/h2-5,9H,6H2,1H3,(H,17,20,21). The molecule has 1 aromatic carbocycles. The molecule has 1 N–H and O–H groups in total. The number of aromatic nitrogens is 4. The minimum Gasteiger partial charge on any atom is -0.454 e. The quantitative estimate of drug-likeness (QED) is 0.717. The second kappa shape index (κ2) is 4.30. The number of fused-ring (bicyclic) bond motifs is 3. The normalized spacial score (nSPS) is 16.7. The lowest BCUT2D eigenvalue weighted by Crippen LogP contribution is -2.29. The maximum Gasteiger partial charge on any atom is 0.329 e. The number of imidazole rings is 1. The van der Waals surface area contributed by atoms with E-state index in [2.05, 4.69) is 9.97 Å². The Hall–Kier alpha value is -2.90. The highest BCUT2D eigenvalue weighted by molar-refractivity contribution is 5.72. The Morgan fingerprint density at radius 3 is 2.77 bits per heavy atom. The summed E-state index contributed by atoms with van der Waals surface area (Å²) in [6.07, 6.45) is -0.343. The summed E-state index contributed by atoms with van der Waals surface area (Å²) in [5.74, 6) is -0.323. The summed E-state index contributed by atoms with van der Waals surface area (Å²) >= 11 is 0. The van der Waals surface area contributed by atoms with Gasteiger partial charge >= 0.3 is 5.69 Å². The Kier molecular flexibility index (Phi) is 2.50. The number of aryl methyl sites for hydroxylation is 1. The van der Waals surface area contributed by atoms with Crippen molar-refractivity contribution in [1.29, 1.82) is 0 Å².